The van der Waals surface area contributed by atoms with Crippen molar-refractivity contribution in [2.75, 3.05) is 0 Å². The number of carboxylic acids is 1. The molecular formula is C27H19F5N2O2. The van der Waals surface area contributed by atoms with Gasteiger partial charge in [-0.15, -0.1) is 0 Å². The van der Waals surface area contributed by atoms with Gasteiger partial charge in [0.15, 0.2) is 0 Å². The van der Waals surface area contributed by atoms with E-state index in [4.69, 9.17) is 5.11 Å². The second-order valence-electron chi connectivity index (χ2n) is 7.95. The van der Waals surface area contributed by atoms with Crippen LogP contribution >= 0.6 is 0 Å². The van der Waals surface area contributed by atoms with Gasteiger partial charge in [0.1, 0.15) is 11.6 Å². The molecular weight excluding hydrogens is 479 g/mol. The van der Waals surface area contributed by atoms with Gasteiger partial charge in [-0.1, -0.05) is 37.3 Å². The van der Waals surface area contributed by atoms with Crippen LogP contribution in [0.3, 0.4) is 0 Å². The first-order valence-electron chi connectivity index (χ1n) is 10.8. The molecule has 0 saturated heterocycles. The molecule has 9 heteroatoms. The zero-order valence-corrected chi connectivity index (χ0v) is 18.8. The minimum absolute atomic E-state index is 0.0482. The van der Waals surface area contributed by atoms with Crippen LogP contribution in [0, 0.1) is 11.6 Å². The standard InChI is InChI=1S/C27H19F5N2O2/c1-2-18(19-9-8-17(28)13-22(19)27(30,31)32)25(16-6-3-15(4-7-16)5-12-24(35)36)20-10-11-23-21(26(20)29)14-33-34-23/h3-14H,2H2,1H3,(H,33,34)(H,35,36)/b12-5+,25-18+. The van der Waals surface area contributed by atoms with E-state index in [1.807, 2.05) is 0 Å². The van der Waals surface area contributed by atoms with E-state index in [9.17, 15) is 22.4 Å². The summed E-state index contributed by atoms with van der Waals surface area (Å²) in [7, 11) is 0. The zero-order valence-electron chi connectivity index (χ0n) is 18.8. The van der Waals surface area contributed by atoms with Crippen LogP contribution in [0.5, 0.6) is 0 Å². The predicted octanol–water partition coefficient (Wildman–Crippen LogP) is 7.33. The smallest absolute Gasteiger partial charge is 0.417 e. The minimum atomic E-state index is -4.85. The van der Waals surface area contributed by atoms with Crippen molar-refractivity contribution in [1.29, 1.82) is 0 Å². The second-order valence-corrected chi connectivity index (χ2v) is 7.95. The van der Waals surface area contributed by atoms with Crippen molar-refractivity contribution in [2.24, 2.45) is 0 Å². The number of nitrogens with zero attached hydrogens (tertiary/aromatic N) is 1. The molecule has 0 bridgehead atoms. The molecule has 3 aromatic carbocycles. The summed E-state index contributed by atoms with van der Waals surface area (Å²) in [6.45, 7) is 1.64. The van der Waals surface area contributed by atoms with Crippen LogP contribution in [0.4, 0.5) is 22.0 Å². The van der Waals surface area contributed by atoms with Crippen LogP contribution in [0.2, 0.25) is 0 Å². The molecule has 4 aromatic rings. The van der Waals surface area contributed by atoms with Gasteiger partial charge in [-0.25, -0.2) is 13.6 Å². The molecule has 2 N–H and O–H groups in total. The third kappa shape index (κ3) is 4.91. The van der Waals surface area contributed by atoms with Gasteiger partial charge in [-0.05, 0) is 64.6 Å². The molecule has 0 fully saturated rings. The third-order valence-corrected chi connectivity index (χ3v) is 5.71. The molecule has 0 aliphatic rings. The average Bonchev–Trinajstić information content (AvgIpc) is 3.32. The van der Waals surface area contributed by atoms with Crippen LogP contribution in [0.15, 0.2) is 66.9 Å². The molecule has 184 valence electrons. The first-order valence-corrected chi connectivity index (χ1v) is 10.8. The number of aromatic nitrogens is 2. The molecule has 4 nitrogen and oxygen atoms in total. The number of aromatic amines is 1. The maximum Gasteiger partial charge on any atom is 0.417 e. The number of fused-ring (bicyclic) bond motifs is 1. The summed E-state index contributed by atoms with van der Waals surface area (Å²) in [5.74, 6) is -2.85. The fourth-order valence-electron chi connectivity index (χ4n) is 4.11. The molecule has 0 atom stereocenters. The fraction of sp³-hybridized carbons (Fsp3) is 0.111. The van der Waals surface area contributed by atoms with Gasteiger partial charge in [0.2, 0.25) is 0 Å². The third-order valence-electron chi connectivity index (χ3n) is 5.71. The number of hydrogen-bond acceptors (Lipinski definition) is 2. The Labute approximate surface area is 202 Å². The lowest BCUT2D eigenvalue weighted by atomic mass is 9.85. The van der Waals surface area contributed by atoms with Crippen molar-refractivity contribution in [3.05, 3.63) is 106 Å². The van der Waals surface area contributed by atoms with E-state index in [0.717, 1.165) is 18.2 Å². The number of allylic oxidation sites excluding steroid dienone is 1. The van der Waals surface area contributed by atoms with E-state index in [0.29, 0.717) is 22.7 Å². The van der Waals surface area contributed by atoms with Gasteiger partial charge in [-0.3, -0.25) is 5.10 Å². The lowest BCUT2D eigenvalue weighted by Crippen LogP contribution is -2.10. The van der Waals surface area contributed by atoms with E-state index < -0.39 is 29.3 Å². The average molecular weight is 498 g/mol. The Morgan fingerprint density at radius 2 is 1.72 bits per heavy atom. The molecule has 0 unspecified atom stereocenters. The monoisotopic (exact) mass is 498 g/mol. The van der Waals surface area contributed by atoms with Gasteiger partial charge >= 0.3 is 12.1 Å². The SMILES string of the molecule is CC/C(=C(/c1ccc(/C=C/C(=O)O)cc1)c1ccc2[nH]ncc2c1F)c1ccc(F)cc1C(F)(F)F. The van der Waals surface area contributed by atoms with E-state index in [1.54, 1.807) is 37.3 Å². The molecule has 0 aliphatic carbocycles. The number of nitrogens with one attached hydrogen (secondary N) is 1. The number of benzene rings is 3. The van der Waals surface area contributed by atoms with Crippen molar-refractivity contribution in [3.8, 4) is 0 Å². The van der Waals surface area contributed by atoms with Crippen molar-refractivity contribution in [3.63, 3.8) is 0 Å². The zero-order chi connectivity index (χ0) is 26.0. The highest BCUT2D eigenvalue weighted by Crippen LogP contribution is 2.42. The molecule has 0 saturated carbocycles. The van der Waals surface area contributed by atoms with Gasteiger partial charge < -0.3 is 5.11 Å². The molecule has 0 amide bonds. The minimum Gasteiger partial charge on any atom is -0.478 e. The fourth-order valence-corrected chi connectivity index (χ4v) is 4.11. The number of hydrogen-bond donors (Lipinski definition) is 2. The van der Waals surface area contributed by atoms with E-state index >= 15 is 4.39 Å². The molecule has 0 aliphatic heterocycles. The van der Waals surface area contributed by atoms with Gasteiger partial charge in [-0.2, -0.15) is 18.3 Å². The van der Waals surface area contributed by atoms with Gasteiger partial charge in [0, 0.05) is 11.6 Å². The van der Waals surface area contributed by atoms with Gasteiger partial charge in [0.05, 0.1) is 22.7 Å². The van der Waals surface area contributed by atoms with Crippen LogP contribution in [0.25, 0.3) is 28.1 Å². The summed E-state index contributed by atoms with van der Waals surface area (Å²) in [6, 6.07) is 11.7. The number of halogens is 5. The highest BCUT2D eigenvalue weighted by Gasteiger charge is 2.35. The Balaban J connectivity index is 2.04. The van der Waals surface area contributed by atoms with E-state index in [2.05, 4.69) is 10.2 Å². The number of rotatable bonds is 6. The number of carbonyl (C=O) groups is 1. The number of alkyl halides is 3. The largest absolute Gasteiger partial charge is 0.478 e. The van der Waals surface area contributed by atoms with E-state index in [1.165, 1.54) is 18.3 Å². The highest BCUT2D eigenvalue weighted by molar-refractivity contribution is 6.01. The molecule has 0 radical (unpaired) electrons. The van der Waals surface area contributed by atoms with Crippen molar-refractivity contribution in [2.45, 2.75) is 19.5 Å². The Kier molecular flexibility index (Phi) is 6.74. The predicted molar refractivity (Wildman–Crippen MR) is 127 cm³/mol. The van der Waals surface area contributed by atoms with Crippen molar-refractivity contribution < 1.29 is 31.9 Å². The Hall–Kier alpha value is -4.27. The summed E-state index contributed by atoms with van der Waals surface area (Å²) < 4.78 is 71.3. The maximum atomic E-state index is 15.7. The van der Waals surface area contributed by atoms with Crippen LogP contribution in [-0.2, 0) is 11.0 Å². The normalized spacial score (nSPS) is 12.8. The lowest BCUT2D eigenvalue weighted by Gasteiger charge is -2.20. The summed E-state index contributed by atoms with van der Waals surface area (Å²) >= 11 is 0. The Bertz CT molecular complexity index is 1500. The molecule has 4 rings (SSSR count). The number of H-pyrrole nitrogens is 1. The Morgan fingerprint density at radius 3 is 2.36 bits per heavy atom. The van der Waals surface area contributed by atoms with Crippen molar-refractivity contribution in [1.82, 2.24) is 10.2 Å². The van der Waals surface area contributed by atoms with Gasteiger partial charge in [0.25, 0.3) is 0 Å². The summed E-state index contributed by atoms with van der Waals surface area (Å²) in [5.41, 5.74) is 0.334. The maximum absolute atomic E-state index is 15.7. The quantitative estimate of drug-likeness (QED) is 0.166. The van der Waals surface area contributed by atoms with Crippen LogP contribution in [-0.4, -0.2) is 21.3 Å². The van der Waals surface area contributed by atoms with Crippen molar-refractivity contribution >= 4 is 34.1 Å². The summed E-state index contributed by atoms with van der Waals surface area (Å²) in [6.07, 6.45) is -1.18. The molecule has 1 heterocycles. The molecule has 0 spiro atoms. The van der Waals surface area contributed by atoms with E-state index in [-0.39, 0.29) is 34.1 Å². The van der Waals surface area contributed by atoms with Crippen LogP contribution < -0.4 is 0 Å². The lowest BCUT2D eigenvalue weighted by molar-refractivity contribution is -0.138. The molecule has 1 aromatic heterocycles. The Morgan fingerprint density at radius 1 is 1.03 bits per heavy atom. The summed E-state index contributed by atoms with van der Waals surface area (Å²) in [4.78, 5) is 10.8. The number of carboxylic acid groups (broad SMARTS) is 1. The van der Waals surface area contributed by atoms with Crippen LogP contribution in [0.1, 0.15) is 41.2 Å². The number of aliphatic carboxylic acids is 1. The highest BCUT2D eigenvalue weighted by atomic mass is 19.4. The topological polar surface area (TPSA) is 66.0 Å². The second kappa shape index (κ2) is 9.77. The first-order chi connectivity index (χ1) is 17.1. The summed E-state index contributed by atoms with van der Waals surface area (Å²) in [5, 5.41) is 15.5. The first kappa shape index (κ1) is 24.8. The molecule has 36 heavy (non-hydrogen) atoms.